The van der Waals surface area contributed by atoms with Gasteiger partial charge in [0.1, 0.15) is 0 Å². The Morgan fingerprint density at radius 1 is 1.25 bits per heavy atom. The van der Waals surface area contributed by atoms with Crippen molar-refractivity contribution in [3.8, 4) is 0 Å². The molecule has 1 spiro atoms. The lowest BCUT2D eigenvalue weighted by molar-refractivity contribution is -0.137. The maximum absolute atomic E-state index is 13.0. The fraction of sp³-hybridized carbons (Fsp3) is 0.650. The molecule has 2 saturated heterocycles. The van der Waals surface area contributed by atoms with Crippen molar-refractivity contribution in [1.82, 2.24) is 15.1 Å². The molecule has 1 aromatic rings. The molecule has 1 aromatic carbocycles. The second-order valence-electron chi connectivity index (χ2n) is 7.85. The molecule has 2 heterocycles. The van der Waals surface area contributed by atoms with Crippen LogP contribution in [-0.4, -0.2) is 61.0 Å². The van der Waals surface area contributed by atoms with Gasteiger partial charge in [-0.2, -0.15) is 0 Å². The summed E-state index contributed by atoms with van der Waals surface area (Å²) in [7, 11) is 2.24. The summed E-state index contributed by atoms with van der Waals surface area (Å²) in [5.41, 5.74) is 3.06. The molecule has 2 aliphatic heterocycles. The molecule has 1 N–H and O–H groups in total. The summed E-state index contributed by atoms with van der Waals surface area (Å²) < 4.78 is 0. The van der Waals surface area contributed by atoms with E-state index in [1.54, 1.807) is 0 Å². The number of nitrogens with one attached hydrogen (secondary N) is 1. The van der Waals surface area contributed by atoms with Gasteiger partial charge in [0.15, 0.2) is 0 Å². The number of rotatable bonds is 2. The summed E-state index contributed by atoms with van der Waals surface area (Å²) >= 11 is 0. The molecule has 0 bridgehead atoms. The summed E-state index contributed by atoms with van der Waals surface area (Å²) in [6, 6.07) is 8.67. The van der Waals surface area contributed by atoms with E-state index in [1.165, 1.54) is 11.1 Å². The number of carbonyl (C=O) groups is 1. The van der Waals surface area contributed by atoms with E-state index in [9.17, 15) is 4.79 Å². The molecule has 1 amide bonds. The topological polar surface area (TPSA) is 35.6 Å². The first-order chi connectivity index (χ1) is 11.7. The summed E-state index contributed by atoms with van der Waals surface area (Å²) in [5.74, 6) is 0.792. The number of likely N-dealkylation sites (N-methyl/N-ethyl adjacent to an activating group) is 1. The zero-order valence-electron chi connectivity index (χ0n) is 14.8. The molecule has 0 radical (unpaired) electrons. The maximum Gasteiger partial charge on any atom is 0.223 e. The lowest BCUT2D eigenvalue weighted by atomic mass is 9.84. The van der Waals surface area contributed by atoms with Crippen molar-refractivity contribution in [2.75, 3.05) is 39.8 Å². The molecule has 0 aromatic heterocycles. The van der Waals surface area contributed by atoms with E-state index < -0.39 is 0 Å². The Morgan fingerprint density at radius 3 is 2.88 bits per heavy atom. The first kappa shape index (κ1) is 16.1. The minimum Gasteiger partial charge on any atom is -0.340 e. The number of aryl methyl sites for hydroxylation is 1. The molecule has 1 atom stereocenters. The van der Waals surface area contributed by atoms with E-state index in [2.05, 4.69) is 46.4 Å². The summed E-state index contributed by atoms with van der Waals surface area (Å²) in [5, 5.41) is 3.46. The molecule has 0 saturated carbocycles. The second kappa shape index (κ2) is 6.49. The van der Waals surface area contributed by atoms with E-state index >= 15 is 0 Å². The molecule has 0 unspecified atom stereocenters. The Kier molecular flexibility index (Phi) is 4.35. The minimum absolute atomic E-state index is 0.201. The summed E-state index contributed by atoms with van der Waals surface area (Å²) in [6.07, 6.45) is 5.26. The van der Waals surface area contributed by atoms with Crippen LogP contribution in [0.4, 0.5) is 0 Å². The smallest absolute Gasteiger partial charge is 0.223 e. The predicted molar refractivity (Wildman–Crippen MR) is 96.2 cm³/mol. The van der Waals surface area contributed by atoms with Gasteiger partial charge in [0.2, 0.25) is 5.91 Å². The molecule has 2 fully saturated rings. The van der Waals surface area contributed by atoms with Crippen LogP contribution in [0.15, 0.2) is 24.3 Å². The Labute approximate surface area is 145 Å². The highest BCUT2D eigenvalue weighted by Gasteiger charge is 2.42. The van der Waals surface area contributed by atoms with Crippen LogP contribution in [0.5, 0.6) is 0 Å². The minimum atomic E-state index is 0.201. The monoisotopic (exact) mass is 327 g/mol. The van der Waals surface area contributed by atoms with E-state index in [4.69, 9.17) is 0 Å². The molecular weight excluding hydrogens is 298 g/mol. The second-order valence-corrected chi connectivity index (χ2v) is 7.85. The summed E-state index contributed by atoms with van der Waals surface area (Å²) in [4.78, 5) is 17.6. The first-order valence-corrected chi connectivity index (χ1v) is 9.45. The van der Waals surface area contributed by atoms with Crippen molar-refractivity contribution in [3.05, 3.63) is 35.4 Å². The van der Waals surface area contributed by atoms with Crippen LogP contribution in [-0.2, 0) is 11.2 Å². The number of fused-ring (bicyclic) bond motifs is 1. The largest absolute Gasteiger partial charge is 0.340 e. The van der Waals surface area contributed by atoms with Crippen molar-refractivity contribution in [1.29, 1.82) is 0 Å². The van der Waals surface area contributed by atoms with Crippen LogP contribution in [0.3, 0.4) is 0 Å². The van der Waals surface area contributed by atoms with Crippen molar-refractivity contribution in [3.63, 3.8) is 0 Å². The van der Waals surface area contributed by atoms with E-state index in [0.29, 0.717) is 18.2 Å². The lowest BCUT2D eigenvalue weighted by Gasteiger charge is -2.51. The number of benzene rings is 1. The Morgan fingerprint density at radius 2 is 2.04 bits per heavy atom. The van der Waals surface area contributed by atoms with E-state index in [0.717, 1.165) is 58.4 Å². The number of amides is 1. The molecule has 24 heavy (non-hydrogen) atoms. The third-order valence-corrected chi connectivity index (χ3v) is 6.57. The third kappa shape index (κ3) is 2.86. The van der Waals surface area contributed by atoms with Crippen molar-refractivity contribution in [2.24, 2.45) is 0 Å². The number of carbonyl (C=O) groups excluding carboxylic acids is 1. The molecule has 130 valence electrons. The van der Waals surface area contributed by atoms with Gasteiger partial charge >= 0.3 is 0 Å². The van der Waals surface area contributed by atoms with Gasteiger partial charge in [0, 0.05) is 31.6 Å². The highest BCUT2D eigenvalue weighted by atomic mass is 16.2. The molecular formula is C20H29N3O. The SMILES string of the molecule is CN1CCN(C(=O)C[C@H]2CCc3ccccc32)CC12CCNCC2. The van der Waals surface area contributed by atoms with Gasteiger partial charge < -0.3 is 10.2 Å². The fourth-order valence-corrected chi connectivity index (χ4v) is 4.91. The van der Waals surface area contributed by atoms with Crippen LogP contribution < -0.4 is 5.32 Å². The van der Waals surface area contributed by atoms with Gasteiger partial charge in [-0.15, -0.1) is 0 Å². The first-order valence-electron chi connectivity index (χ1n) is 9.45. The van der Waals surface area contributed by atoms with Crippen LogP contribution >= 0.6 is 0 Å². The zero-order chi connectivity index (χ0) is 16.6. The number of piperazine rings is 1. The zero-order valence-corrected chi connectivity index (χ0v) is 14.8. The lowest BCUT2D eigenvalue weighted by Crippen LogP contribution is -2.64. The number of nitrogens with zero attached hydrogens (tertiary/aromatic N) is 2. The number of piperidine rings is 1. The van der Waals surface area contributed by atoms with Crippen molar-refractivity contribution < 1.29 is 4.79 Å². The van der Waals surface area contributed by atoms with E-state index in [-0.39, 0.29) is 5.54 Å². The maximum atomic E-state index is 13.0. The third-order valence-electron chi connectivity index (χ3n) is 6.57. The molecule has 1 aliphatic carbocycles. The Hall–Kier alpha value is -1.39. The Bertz CT molecular complexity index is 609. The van der Waals surface area contributed by atoms with Crippen LogP contribution in [0.25, 0.3) is 0 Å². The molecule has 4 nitrogen and oxygen atoms in total. The van der Waals surface area contributed by atoms with Crippen molar-refractivity contribution in [2.45, 2.75) is 43.6 Å². The number of hydrogen-bond donors (Lipinski definition) is 1. The van der Waals surface area contributed by atoms with Crippen molar-refractivity contribution >= 4 is 5.91 Å². The quantitative estimate of drug-likeness (QED) is 0.902. The van der Waals surface area contributed by atoms with Crippen LogP contribution in [0.1, 0.15) is 42.7 Å². The normalized spacial score (nSPS) is 26.5. The van der Waals surface area contributed by atoms with Crippen LogP contribution in [0, 0.1) is 0 Å². The summed E-state index contributed by atoms with van der Waals surface area (Å²) in [6.45, 7) is 4.95. The molecule has 4 rings (SSSR count). The van der Waals surface area contributed by atoms with E-state index in [1.807, 2.05) is 0 Å². The molecule has 4 heteroatoms. The highest BCUT2D eigenvalue weighted by molar-refractivity contribution is 5.77. The molecule has 3 aliphatic rings. The average Bonchev–Trinajstić information content (AvgIpc) is 3.01. The highest BCUT2D eigenvalue weighted by Crippen LogP contribution is 2.36. The number of hydrogen-bond acceptors (Lipinski definition) is 3. The van der Waals surface area contributed by atoms with Gasteiger partial charge in [-0.05, 0) is 62.9 Å². The average molecular weight is 327 g/mol. The Balaban J connectivity index is 1.43. The van der Waals surface area contributed by atoms with Gasteiger partial charge in [0.05, 0.1) is 0 Å². The van der Waals surface area contributed by atoms with Gasteiger partial charge in [-0.25, -0.2) is 0 Å². The van der Waals surface area contributed by atoms with Gasteiger partial charge in [-0.3, -0.25) is 9.69 Å². The fourth-order valence-electron chi connectivity index (χ4n) is 4.91. The van der Waals surface area contributed by atoms with Crippen LogP contribution in [0.2, 0.25) is 0 Å². The standard InChI is InChI=1S/C20H29N3O/c1-22-12-13-23(15-20(22)8-10-21-11-9-20)19(24)14-17-7-6-16-4-2-3-5-18(16)17/h2-5,17,21H,6-15H2,1H3/t17-/m1/s1. The van der Waals surface area contributed by atoms with Gasteiger partial charge in [0.25, 0.3) is 0 Å². The predicted octanol–water partition coefficient (Wildman–Crippen LogP) is 2.00. The van der Waals surface area contributed by atoms with Gasteiger partial charge in [-0.1, -0.05) is 24.3 Å².